The Morgan fingerprint density at radius 2 is 2.00 bits per heavy atom. The van der Waals surface area contributed by atoms with Gasteiger partial charge in [-0.1, -0.05) is 24.3 Å². The number of morpholine rings is 1. The molecular weight excluding hydrogens is 360 g/mol. The molecule has 1 aliphatic heterocycles. The van der Waals surface area contributed by atoms with Crippen molar-refractivity contribution in [3.8, 4) is 5.75 Å². The summed E-state index contributed by atoms with van der Waals surface area (Å²) in [6.45, 7) is 4.98. The minimum Gasteiger partial charge on any atom is -0.492 e. The van der Waals surface area contributed by atoms with Crippen molar-refractivity contribution in [1.82, 2.24) is 4.90 Å². The fourth-order valence-corrected chi connectivity index (χ4v) is 4.07. The van der Waals surface area contributed by atoms with Crippen LogP contribution in [0.3, 0.4) is 0 Å². The van der Waals surface area contributed by atoms with E-state index in [9.17, 15) is 4.79 Å². The zero-order chi connectivity index (χ0) is 18.5. The predicted octanol–water partition coefficient (Wildman–Crippen LogP) is 3.86. The Morgan fingerprint density at radius 1 is 1.15 bits per heavy atom. The van der Waals surface area contributed by atoms with E-state index in [1.54, 1.807) is 11.3 Å². The summed E-state index contributed by atoms with van der Waals surface area (Å²) in [7, 11) is 0. The smallest absolute Gasteiger partial charge is 0.257 e. The summed E-state index contributed by atoms with van der Waals surface area (Å²) in [6.07, 6.45) is 0. The molecule has 3 aromatic rings. The third kappa shape index (κ3) is 4.47. The van der Waals surface area contributed by atoms with Crippen molar-refractivity contribution in [2.24, 2.45) is 0 Å². The van der Waals surface area contributed by atoms with Gasteiger partial charge in [0, 0.05) is 46.9 Å². The number of hydrogen-bond donors (Lipinski definition) is 1. The second kappa shape index (κ2) is 8.52. The first-order chi connectivity index (χ1) is 13.3. The van der Waals surface area contributed by atoms with Crippen molar-refractivity contribution in [2.75, 3.05) is 44.8 Å². The lowest BCUT2D eigenvalue weighted by Crippen LogP contribution is -2.38. The lowest BCUT2D eigenvalue weighted by Gasteiger charge is -2.26. The summed E-state index contributed by atoms with van der Waals surface area (Å²) in [4.78, 5) is 15.0. The summed E-state index contributed by atoms with van der Waals surface area (Å²) in [5, 5.41) is 5.87. The summed E-state index contributed by atoms with van der Waals surface area (Å²) >= 11 is 1.58. The van der Waals surface area contributed by atoms with Gasteiger partial charge in [-0.15, -0.1) is 11.3 Å². The molecule has 5 nitrogen and oxygen atoms in total. The number of ether oxygens (including phenoxy) is 2. The number of carbonyl (C=O) groups excluding carboxylic acids is 1. The molecule has 2 aromatic carbocycles. The van der Waals surface area contributed by atoms with Crippen molar-refractivity contribution >= 4 is 33.0 Å². The number of anilines is 1. The normalized spacial score (nSPS) is 15.0. The van der Waals surface area contributed by atoms with Crippen LogP contribution in [0.15, 0.2) is 53.9 Å². The van der Waals surface area contributed by atoms with E-state index in [-0.39, 0.29) is 5.91 Å². The van der Waals surface area contributed by atoms with Crippen LogP contribution < -0.4 is 10.1 Å². The van der Waals surface area contributed by atoms with Crippen LogP contribution >= 0.6 is 11.3 Å². The number of amides is 1. The minimum absolute atomic E-state index is 0.0992. The minimum atomic E-state index is -0.0992. The molecule has 1 N–H and O–H groups in total. The van der Waals surface area contributed by atoms with Crippen LogP contribution in [0.4, 0.5) is 5.69 Å². The molecule has 0 radical (unpaired) electrons. The van der Waals surface area contributed by atoms with Crippen LogP contribution in [0.2, 0.25) is 0 Å². The maximum absolute atomic E-state index is 12.7. The predicted molar refractivity (Wildman–Crippen MR) is 109 cm³/mol. The van der Waals surface area contributed by atoms with Gasteiger partial charge in [0.2, 0.25) is 0 Å². The summed E-state index contributed by atoms with van der Waals surface area (Å²) < 4.78 is 12.3. The highest BCUT2D eigenvalue weighted by atomic mass is 32.1. The van der Waals surface area contributed by atoms with E-state index in [0.717, 1.165) is 54.4 Å². The van der Waals surface area contributed by atoms with Gasteiger partial charge >= 0.3 is 0 Å². The zero-order valence-corrected chi connectivity index (χ0v) is 15.8. The maximum Gasteiger partial charge on any atom is 0.257 e. The molecule has 0 bridgehead atoms. The first kappa shape index (κ1) is 18.0. The monoisotopic (exact) mass is 382 g/mol. The van der Waals surface area contributed by atoms with E-state index >= 15 is 0 Å². The van der Waals surface area contributed by atoms with Gasteiger partial charge < -0.3 is 14.8 Å². The fourth-order valence-electron chi connectivity index (χ4n) is 3.13. The number of benzene rings is 2. The highest BCUT2D eigenvalue weighted by Gasteiger charge is 2.13. The van der Waals surface area contributed by atoms with Gasteiger partial charge in [0.15, 0.2) is 0 Å². The Hall–Kier alpha value is -2.41. The third-order valence-electron chi connectivity index (χ3n) is 4.60. The number of hydrogen-bond acceptors (Lipinski definition) is 5. The zero-order valence-electron chi connectivity index (χ0n) is 15.0. The molecule has 1 aliphatic rings. The van der Waals surface area contributed by atoms with Gasteiger partial charge in [0.1, 0.15) is 12.4 Å². The Bertz CT molecular complexity index is 918. The molecular formula is C21H22N2O3S. The Labute approximate surface area is 162 Å². The maximum atomic E-state index is 12.7. The third-order valence-corrected chi connectivity index (χ3v) is 5.56. The number of nitrogens with one attached hydrogen (secondary N) is 1. The standard InChI is InChI=1S/C21H22N2O3S/c24-21(19-15-27-20-7-2-1-6-18(19)20)22-16-4-3-5-17(14-16)26-13-10-23-8-11-25-12-9-23/h1-7,14-15H,8-13H2,(H,22,24). The Morgan fingerprint density at radius 3 is 2.89 bits per heavy atom. The molecule has 6 heteroatoms. The molecule has 0 atom stereocenters. The van der Waals surface area contributed by atoms with E-state index in [2.05, 4.69) is 10.2 Å². The fraction of sp³-hybridized carbons (Fsp3) is 0.286. The van der Waals surface area contributed by atoms with E-state index in [1.807, 2.05) is 53.9 Å². The molecule has 0 spiro atoms. The quantitative estimate of drug-likeness (QED) is 0.703. The Kier molecular flexibility index (Phi) is 5.67. The van der Waals surface area contributed by atoms with E-state index < -0.39 is 0 Å². The number of thiophene rings is 1. The molecule has 0 aliphatic carbocycles. The lowest BCUT2D eigenvalue weighted by atomic mass is 10.1. The average Bonchev–Trinajstić information content (AvgIpc) is 3.13. The van der Waals surface area contributed by atoms with Crippen LogP contribution in [0.5, 0.6) is 5.75 Å². The van der Waals surface area contributed by atoms with Gasteiger partial charge in [-0.25, -0.2) is 0 Å². The van der Waals surface area contributed by atoms with Gasteiger partial charge in [-0.3, -0.25) is 9.69 Å². The van der Waals surface area contributed by atoms with E-state index in [1.165, 1.54) is 0 Å². The van der Waals surface area contributed by atoms with Crippen molar-refractivity contribution in [3.05, 3.63) is 59.5 Å². The largest absolute Gasteiger partial charge is 0.492 e. The number of rotatable bonds is 6. The average molecular weight is 382 g/mol. The van der Waals surface area contributed by atoms with Crippen molar-refractivity contribution in [3.63, 3.8) is 0 Å². The number of carbonyl (C=O) groups is 1. The van der Waals surface area contributed by atoms with Crippen molar-refractivity contribution in [2.45, 2.75) is 0 Å². The number of nitrogens with zero attached hydrogens (tertiary/aromatic N) is 1. The SMILES string of the molecule is O=C(Nc1cccc(OCCN2CCOCC2)c1)c1csc2ccccc12. The van der Waals surface area contributed by atoms with Crippen LogP contribution in [0, 0.1) is 0 Å². The highest BCUT2D eigenvalue weighted by molar-refractivity contribution is 7.17. The summed E-state index contributed by atoms with van der Waals surface area (Å²) in [5.74, 6) is 0.661. The molecule has 2 heterocycles. The molecule has 0 saturated carbocycles. The second-order valence-electron chi connectivity index (χ2n) is 6.43. The van der Waals surface area contributed by atoms with E-state index in [4.69, 9.17) is 9.47 Å². The van der Waals surface area contributed by atoms with Crippen molar-refractivity contribution < 1.29 is 14.3 Å². The first-order valence-electron chi connectivity index (χ1n) is 9.10. The summed E-state index contributed by atoms with van der Waals surface area (Å²) in [6, 6.07) is 15.5. The molecule has 1 saturated heterocycles. The highest BCUT2D eigenvalue weighted by Crippen LogP contribution is 2.27. The molecule has 140 valence electrons. The summed E-state index contributed by atoms with van der Waals surface area (Å²) in [5.41, 5.74) is 1.44. The topological polar surface area (TPSA) is 50.8 Å². The molecule has 0 unspecified atom stereocenters. The molecule has 27 heavy (non-hydrogen) atoms. The molecule has 1 fully saturated rings. The molecule has 1 aromatic heterocycles. The Balaban J connectivity index is 1.36. The molecule has 1 amide bonds. The van der Waals surface area contributed by atoms with Gasteiger partial charge in [-0.2, -0.15) is 0 Å². The van der Waals surface area contributed by atoms with Gasteiger partial charge in [0.05, 0.1) is 18.8 Å². The van der Waals surface area contributed by atoms with E-state index in [0.29, 0.717) is 12.2 Å². The lowest BCUT2D eigenvalue weighted by molar-refractivity contribution is 0.0322. The first-order valence-corrected chi connectivity index (χ1v) is 9.98. The van der Waals surface area contributed by atoms with Crippen molar-refractivity contribution in [1.29, 1.82) is 0 Å². The van der Waals surface area contributed by atoms with Gasteiger partial charge in [0.25, 0.3) is 5.91 Å². The number of fused-ring (bicyclic) bond motifs is 1. The van der Waals surface area contributed by atoms with Gasteiger partial charge in [-0.05, 0) is 18.2 Å². The van der Waals surface area contributed by atoms with Crippen LogP contribution in [-0.4, -0.2) is 50.3 Å². The molecule has 4 rings (SSSR count). The van der Waals surface area contributed by atoms with Crippen LogP contribution in [0.25, 0.3) is 10.1 Å². The second-order valence-corrected chi connectivity index (χ2v) is 7.34. The van der Waals surface area contributed by atoms with Crippen LogP contribution in [-0.2, 0) is 4.74 Å². The van der Waals surface area contributed by atoms with Crippen LogP contribution in [0.1, 0.15) is 10.4 Å².